The molecule has 3 aliphatic rings. The van der Waals surface area contributed by atoms with Gasteiger partial charge in [0.15, 0.2) is 0 Å². The molecule has 2 amide bonds. The number of methoxy groups -OCH3 is 1. The number of benzene rings is 2. The van der Waals surface area contributed by atoms with Crippen LogP contribution in [-0.4, -0.2) is 82.9 Å². The summed E-state index contributed by atoms with van der Waals surface area (Å²) < 4.78 is 12.3. The number of carbonyl (C=O) groups excluding carboxylic acids is 2. The van der Waals surface area contributed by atoms with Gasteiger partial charge in [0.05, 0.1) is 18.8 Å². The van der Waals surface area contributed by atoms with Crippen LogP contribution >= 0.6 is 0 Å². The lowest BCUT2D eigenvalue weighted by Crippen LogP contribution is -2.47. The normalized spacial score (nSPS) is 21.2. The molecule has 4 heterocycles. The van der Waals surface area contributed by atoms with Crippen molar-refractivity contribution in [3.63, 3.8) is 0 Å². The van der Waals surface area contributed by atoms with Crippen LogP contribution in [0.5, 0.6) is 0 Å². The number of aromatic nitrogens is 2. The zero-order valence-electron chi connectivity index (χ0n) is 21.2. The van der Waals surface area contributed by atoms with Gasteiger partial charge in [-0.25, -0.2) is 4.79 Å². The van der Waals surface area contributed by atoms with Gasteiger partial charge in [-0.2, -0.15) is 5.10 Å². The molecule has 2 saturated heterocycles. The van der Waals surface area contributed by atoms with E-state index < -0.39 is 5.54 Å². The standard InChI is InChI=1S/C28H31N5O4/c1-31-24-8-7-22(15-23(24)16-29-31)20-3-5-21(6-4-20)25-30-28(10-13-37-14-11-28)26(34)33(25)18-19-9-12-32(17-19)27(35)36-2/h3-8,15-16,19H,9-14,17-18H2,1-2H3/t19-/m1/s1. The Morgan fingerprint density at radius 2 is 1.84 bits per heavy atom. The second kappa shape index (κ2) is 9.30. The summed E-state index contributed by atoms with van der Waals surface area (Å²) in [4.78, 5) is 34.4. The number of hydrogen-bond donors (Lipinski definition) is 0. The summed E-state index contributed by atoms with van der Waals surface area (Å²) in [6.07, 6.45) is 3.58. The first kappa shape index (κ1) is 23.7. The Balaban J connectivity index is 1.28. The molecule has 2 fully saturated rings. The summed E-state index contributed by atoms with van der Waals surface area (Å²) in [6.45, 7) is 2.82. The van der Waals surface area contributed by atoms with Crippen LogP contribution < -0.4 is 0 Å². The van der Waals surface area contributed by atoms with E-state index in [0.717, 1.165) is 39.8 Å². The molecule has 0 unspecified atom stereocenters. The van der Waals surface area contributed by atoms with Crippen LogP contribution in [0.3, 0.4) is 0 Å². The molecule has 0 saturated carbocycles. The fourth-order valence-electron chi connectivity index (χ4n) is 5.77. The largest absolute Gasteiger partial charge is 0.453 e. The van der Waals surface area contributed by atoms with E-state index in [1.165, 1.54) is 7.11 Å². The van der Waals surface area contributed by atoms with Crippen LogP contribution in [0.1, 0.15) is 24.8 Å². The number of carbonyl (C=O) groups is 2. The smallest absolute Gasteiger partial charge is 0.409 e. The second-order valence-electron chi connectivity index (χ2n) is 10.2. The van der Waals surface area contributed by atoms with E-state index in [1.54, 1.807) is 4.90 Å². The zero-order chi connectivity index (χ0) is 25.6. The van der Waals surface area contributed by atoms with Gasteiger partial charge in [-0.3, -0.25) is 19.4 Å². The van der Waals surface area contributed by atoms with Gasteiger partial charge in [-0.1, -0.05) is 30.3 Å². The van der Waals surface area contributed by atoms with Crippen LogP contribution in [0.2, 0.25) is 0 Å². The quantitative estimate of drug-likeness (QED) is 0.546. The molecule has 37 heavy (non-hydrogen) atoms. The highest BCUT2D eigenvalue weighted by atomic mass is 16.5. The third-order valence-corrected chi connectivity index (χ3v) is 7.92. The molecule has 6 rings (SSSR count). The number of aryl methyl sites for hydroxylation is 1. The third kappa shape index (κ3) is 4.17. The van der Waals surface area contributed by atoms with E-state index in [1.807, 2.05) is 22.8 Å². The van der Waals surface area contributed by atoms with Gasteiger partial charge in [0, 0.05) is 63.7 Å². The minimum atomic E-state index is -0.752. The molecule has 3 aliphatic heterocycles. The number of fused-ring (bicyclic) bond motifs is 1. The van der Waals surface area contributed by atoms with Crippen molar-refractivity contribution in [1.29, 1.82) is 0 Å². The lowest BCUT2D eigenvalue weighted by atomic mass is 9.90. The van der Waals surface area contributed by atoms with Crippen molar-refractivity contribution in [3.05, 3.63) is 54.2 Å². The van der Waals surface area contributed by atoms with E-state index in [0.29, 0.717) is 45.7 Å². The molecule has 0 bridgehead atoms. The summed E-state index contributed by atoms with van der Waals surface area (Å²) in [7, 11) is 3.34. The van der Waals surface area contributed by atoms with E-state index >= 15 is 0 Å². The highest BCUT2D eigenvalue weighted by Crippen LogP contribution is 2.36. The molecule has 0 aliphatic carbocycles. The number of nitrogens with zero attached hydrogens (tertiary/aromatic N) is 5. The molecular formula is C28H31N5O4. The molecule has 192 valence electrons. The molecule has 9 nitrogen and oxygen atoms in total. The van der Waals surface area contributed by atoms with Gasteiger partial charge in [0.25, 0.3) is 5.91 Å². The Morgan fingerprint density at radius 1 is 1.11 bits per heavy atom. The first-order valence-corrected chi connectivity index (χ1v) is 12.8. The van der Waals surface area contributed by atoms with E-state index in [2.05, 4.69) is 47.6 Å². The summed E-state index contributed by atoms with van der Waals surface area (Å²) >= 11 is 0. The van der Waals surface area contributed by atoms with Crippen molar-refractivity contribution in [2.24, 2.45) is 18.0 Å². The van der Waals surface area contributed by atoms with Crippen molar-refractivity contribution in [2.45, 2.75) is 24.8 Å². The lowest BCUT2D eigenvalue weighted by Gasteiger charge is -2.30. The Hall–Kier alpha value is -3.72. The summed E-state index contributed by atoms with van der Waals surface area (Å²) in [5.41, 5.74) is 3.47. The van der Waals surface area contributed by atoms with E-state index in [9.17, 15) is 9.59 Å². The third-order valence-electron chi connectivity index (χ3n) is 7.92. The number of hydrogen-bond acceptors (Lipinski definition) is 6. The van der Waals surface area contributed by atoms with Crippen LogP contribution in [0, 0.1) is 5.92 Å². The molecule has 1 spiro atoms. The minimum absolute atomic E-state index is 0.0495. The Kier molecular flexibility index (Phi) is 5.95. The molecular weight excluding hydrogens is 470 g/mol. The highest BCUT2D eigenvalue weighted by Gasteiger charge is 2.50. The van der Waals surface area contributed by atoms with Gasteiger partial charge in [-0.15, -0.1) is 0 Å². The topological polar surface area (TPSA) is 89.3 Å². The van der Waals surface area contributed by atoms with Crippen molar-refractivity contribution < 1.29 is 19.1 Å². The molecule has 0 radical (unpaired) electrons. The Bertz CT molecular complexity index is 1370. The maximum atomic E-state index is 13.8. The van der Waals surface area contributed by atoms with Gasteiger partial charge < -0.3 is 14.4 Å². The van der Waals surface area contributed by atoms with Crippen LogP contribution in [-0.2, 0) is 21.3 Å². The number of ether oxygens (including phenoxy) is 2. The highest BCUT2D eigenvalue weighted by molar-refractivity contribution is 6.15. The number of rotatable bonds is 4. The van der Waals surface area contributed by atoms with Crippen molar-refractivity contribution >= 4 is 28.7 Å². The first-order chi connectivity index (χ1) is 18.0. The van der Waals surface area contributed by atoms with Crippen LogP contribution in [0.4, 0.5) is 4.79 Å². The summed E-state index contributed by atoms with van der Waals surface area (Å²) in [5, 5.41) is 5.44. The van der Waals surface area contributed by atoms with Crippen LogP contribution in [0.15, 0.2) is 53.7 Å². The fraction of sp³-hybridized carbons (Fsp3) is 0.429. The number of likely N-dealkylation sites (tertiary alicyclic amines) is 1. The monoisotopic (exact) mass is 501 g/mol. The number of amides is 2. The van der Waals surface area contributed by atoms with Gasteiger partial charge >= 0.3 is 6.09 Å². The van der Waals surface area contributed by atoms with Gasteiger partial charge in [0.1, 0.15) is 11.4 Å². The van der Waals surface area contributed by atoms with Crippen molar-refractivity contribution in [1.82, 2.24) is 19.6 Å². The average molecular weight is 502 g/mol. The summed E-state index contributed by atoms with van der Waals surface area (Å²) in [6, 6.07) is 14.6. The minimum Gasteiger partial charge on any atom is -0.453 e. The molecule has 2 aromatic carbocycles. The molecule has 3 aromatic rings. The maximum absolute atomic E-state index is 13.8. The Labute approximate surface area is 215 Å². The number of aliphatic imine (C=N–C) groups is 1. The van der Waals surface area contributed by atoms with Gasteiger partial charge in [-0.05, 0) is 35.6 Å². The van der Waals surface area contributed by atoms with Crippen LogP contribution in [0.25, 0.3) is 22.0 Å². The zero-order valence-corrected chi connectivity index (χ0v) is 21.2. The fourth-order valence-corrected chi connectivity index (χ4v) is 5.77. The van der Waals surface area contributed by atoms with Gasteiger partial charge in [0.2, 0.25) is 0 Å². The first-order valence-electron chi connectivity index (χ1n) is 12.8. The SMILES string of the molecule is COC(=O)N1CC[C@@H](CN2C(=O)C3(CCOCC3)N=C2c2ccc(-c3ccc4c(cnn4C)c3)cc2)C1. The average Bonchev–Trinajstić information content (AvgIpc) is 3.62. The molecule has 1 aromatic heterocycles. The molecule has 9 heteroatoms. The number of amidine groups is 1. The van der Waals surface area contributed by atoms with Crippen molar-refractivity contribution in [3.8, 4) is 11.1 Å². The van der Waals surface area contributed by atoms with E-state index in [4.69, 9.17) is 14.5 Å². The second-order valence-corrected chi connectivity index (χ2v) is 10.2. The predicted molar refractivity (Wildman–Crippen MR) is 139 cm³/mol. The molecule has 0 N–H and O–H groups in total. The molecule has 1 atom stereocenters. The van der Waals surface area contributed by atoms with Crippen molar-refractivity contribution in [2.75, 3.05) is 40.0 Å². The lowest BCUT2D eigenvalue weighted by molar-refractivity contribution is -0.134. The Morgan fingerprint density at radius 3 is 2.59 bits per heavy atom. The van der Waals surface area contributed by atoms with E-state index in [-0.39, 0.29) is 17.9 Å². The predicted octanol–water partition coefficient (Wildman–Crippen LogP) is 3.47. The summed E-state index contributed by atoms with van der Waals surface area (Å²) in [5.74, 6) is 0.944. The maximum Gasteiger partial charge on any atom is 0.409 e.